The van der Waals surface area contributed by atoms with Crippen LogP contribution < -0.4 is 4.72 Å². The van der Waals surface area contributed by atoms with Crippen molar-refractivity contribution in [2.45, 2.75) is 31.7 Å². The van der Waals surface area contributed by atoms with Gasteiger partial charge in [0.2, 0.25) is 10.0 Å². The van der Waals surface area contributed by atoms with Gasteiger partial charge in [-0.15, -0.1) is 11.3 Å². The van der Waals surface area contributed by atoms with E-state index in [0.29, 0.717) is 10.7 Å². The molecule has 0 saturated carbocycles. The third-order valence-electron chi connectivity index (χ3n) is 2.46. The Labute approximate surface area is 110 Å². The lowest BCUT2D eigenvalue weighted by Crippen LogP contribution is -2.27. The fourth-order valence-electron chi connectivity index (χ4n) is 1.65. The van der Waals surface area contributed by atoms with E-state index in [0.717, 1.165) is 9.75 Å². The van der Waals surface area contributed by atoms with Crippen LogP contribution in [-0.4, -0.2) is 23.6 Å². The fraction of sp³-hybridized carbons (Fsp3) is 0.400. The van der Waals surface area contributed by atoms with Crippen LogP contribution in [-0.2, 0) is 10.0 Å². The van der Waals surface area contributed by atoms with Crippen LogP contribution in [0.3, 0.4) is 0 Å². The molecule has 0 fully saturated rings. The molecular formula is C10H14N4O2S2. The molecule has 1 atom stereocenters. The normalized spacial score (nSPS) is 13.7. The number of nitrogens with one attached hydrogen (secondary N) is 2. The highest BCUT2D eigenvalue weighted by Gasteiger charge is 2.23. The number of nitrogens with zero attached hydrogens (tertiary/aromatic N) is 2. The lowest BCUT2D eigenvalue weighted by molar-refractivity contribution is 0.560. The van der Waals surface area contributed by atoms with Crippen molar-refractivity contribution >= 4 is 21.4 Å². The second kappa shape index (κ2) is 4.79. The molecule has 2 aromatic heterocycles. The Balaban J connectivity index is 2.25. The van der Waals surface area contributed by atoms with Crippen LogP contribution in [0.4, 0.5) is 0 Å². The molecular weight excluding hydrogens is 272 g/mol. The number of hydrogen-bond acceptors (Lipinski definition) is 5. The fourth-order valence-corrected chi connectivity index (χ4v) is 4.41. The summed E-state index contributed by atoms with van der Waals surface area (Å²) < 4.78 is 27.0. The topological polar surface area (TPSA) is 87.7 Å². The average molecular weight is 286 g/mol. The minimum Gasteiger partial charge on any atom is -0.262 e. The largest absolute Gasteiger partial charge is 0.262 e. The highest BCUT2D eigenvalue weighted by atomic mass is 32.2. The summed E-state index contributed by atoms with van der Waals surface area (Å²) in [5.74, 6) is 0.489. The molecule has 18 heavy (non-hydrogen) atoms. The van der Waals surface area contributed by atoms with Crippen LogP contribution in [0.1, 0.15) is 28.5 Å². The van der Waals surface area contributed by atoms with Gasteiger partial charge in [-0.25, -0.2) is 18.1 Å². The first-order chi connectivity index (χ1) is 8.40. The maximum atomic E-state index is 12.2. The lowest BCUT2D eigenvalue weighted by Gasteiger charge is -2.11. The van der Waals surface area contributed by atoms with Crippen LogP contribution in [0.25, 0.3) is 0 Å². The summed E-state index contributed by atoms with van der Waals surface area (Å²) in [6, 6.07) is 1.23. The van der Waals surface area contributed by atoms with Crippen molar-refractivity contribution in [3.63, 3.8) is 0 Å². The molecule has 8 heteroatoms. The second-order valence-corrected chi connectivity index (χ2v) is 7.13. The van der Waals surface area contributed by atoms with E-state index in [9.17, 15) is 8.42 Å². The minimum atomic E-state index is -3.52. The van der Waals surface area contributed by atoms with E-state index in [1.165, 1.54) is 17.7 Å². The number of aromatic nitrogens is 3. The van der Waals surface area contributed by atoms with Gasteiger partial charge in [0.15, 0.2) is 0 Å². The van der Waals surface area contributed by atoms with E-state index in [4.69, 9.17) is 0 Å². The number of sulfonamides is 1. The van der Waals surface area contributed by atoms with E-state index in [1.807, 2.05) is 6.92 Å². The van der Waals surface area contributed by atoms with Crippen molar-refractivity contribution in [1.29, 1.82) is 0 Å². The van der Waals surface area contributed by atoms with E-state index in [1.54, 1.807) is 19.9 Å². The van der Waals surface area contributed by atoms with Gasteiger partial charge in [-0.05, 0) is 26.8 Å². The van der Waals surface area contributed by atoms with Crippen molar-refractivity contribution in [3.8, 4) is 0 Å². The number of aryl methyl sites for hydroxylation is 2. The van der Waals surface area contributed by atoms with E-state index in [2.05, 4.69) is 19.9 Å². The molecule has 0 aromatic carbocycles. The van der Waals surface area contributed by atoms with Crippen LogP contribution >= 0.6 is 11.3 Å². The second-order valence-electron chi connectivity index (χ2n) is 3.99. The SMILES string of the molecule is Cc1cc(S(=O)(=O)NC(C)c2ncn[nH]2)c(C)s1. The molecule has 0 spiro atoms. The van der Waals surface area contributed by atoms with Gasteiger partial charge in [-0.3, -0.25) is 5.10 Å². The van der Waals surface area contributed by atoms with E-state index >= 15 is 0 Å². The number of aromatic amines is 1. The van der Waals surface area contributed by atoms with Gasteiger partial charge < -0.3 is 0 Å². The molecule has 2 N–H and O–H groups in total. The maximum Gasteiger partial charge on any atom is 0.242 e. The van der Waals surface area contributed by atoms with E-state index < -0.39 is 16.1 Å². The summed E-state index contributed by atoms with van der Waals surface area (Å²) in [5.41, 5.74) is 0. The van der Waals surface area contributed by atoms with Gasteiger partial charge in [-0.2, -0.15) is 5.10 Å². The molecule has 2 rings (SSSR count). The van der Waals surface area contributed by atoms with Crippen LogP contribution in [0.2, 0.25) is 0 Å². The molecule has 0 aliphatic heterocycles. The zero-order valence-corrected chi connectivity index (χ0v) is 11.9. The monoisotopic (exact) mass is 286 g/mol. The summed E-state index contributed by atoms with van der Waals surface area (Å²) >= 11 is 1.47. The Morgan fingerprint density at radius 2 is 2.17 bits per heavy atom. The molecule has 1 unspecified atom stereocenters. The van der Waals surface area contributed by atoms with Crippen molar-refractivity contribution in [1.82, 2.24) is 19.9 Å². The minimum absolute atomic E-state index is 0.330. The standard InChI is InChI=1S/C10H14N4O2S2/c1-6-4-9(8(3)17-6)18(15,16)14-7(2)10-11-5-12-13-10/h4-5,7,14H,1-3H3,(H,11,12,13). The van der Waals surface area contributed by atoms with Gasteiger partial charge in [-0.1, -0.05) is 0 Å². The molecule has 98 valence electrons. The van der Waals surface area contributed by atoms with Gasteiger partial charge in [0.25, 0.3) is 0 Å². The smallest absolute Gasteiger partial charge is 0.242 e. The zero-order valence-electron chi connectivity index (χ0n) is 10.3. The molecule has 0 radical (unpaired) electrons. The molecule has 0 saturated heterocycles. The number of rotatable bonds is 4. The highest BCUT2D eigenvalue weighted by Crippen LogP contribution is 2.25. The quantitative estimate of drug-likeness (QED) is 0.892. The predicted octanol–water partition coefficient (Wildman–Crippen LogP) is 1.52. The first-order valence-corrected chi connectivity index (χ1v) is 7.65. The van der Waals surface area contributed by atoms with Gasteiger partial charge in [0.1, 0.15) is 12.2 Å². The van der Waals surface area contributed by atoms with Crippen molar-refractivity contribution in [2.75, 3.05) is 0 Å². The zero-order chi connectivity index (χ0) is 13.3. The number of H-pyrrole nitrogens is 1. The molecule has 0 amide bonds. The molecule has 2 heterocycles. The molecule has 0 aliphatic carbocycles. The molecule has 0 aliphatic rings. The van der Waals surface area contributed by atoms with Crippen LogP contribution in [0.15, 0.2) is 17.3 Å². The predicted molar refractivity (Wildman–Crippen MR) is 68.9 cm³/mol. The lowest BCUT2D eigenvalue weighted by atomic mass is 10.3. The van der Waals surface area contributed by atoms with Crippen molar-refractivity contribution in [2.24, 2.45) is 0 Å². The summed E-state index contributed by atoms with van der Waals surface area (Å²) in [7, 11) is -3.52. The first kappa shape index (κ1) is 13.2. The molecule has 0 bridgehead atoms. The van der Waals surface area contributed by atoms with Crippen molar-refractivity contribution < 1.29 is 8.42 Å². The first-order valence-electron chi connectivity index (χ1n) is 5.35. The Bertz CT molecular complexity index is 631. The van der Waals surface area contributed by atoms with Crippen LogP contribution in [0.5, 0.6) is 0 Å². The summed E-state index contributed by atoms with van der Waals surface area (Å²) in [6.07, 6.45) is 1.35. The molecule has 6 nitrogen and oxygen atoms in total. The highest BCUT2D eigenvalue weighted by molar-refractivity contribution is 7.89. The third-order valence-corrected chi connectivity index (χ3v) is 5.22. The van der Waals surface area contributed by atoms with Crippen molar-refractivity contribution in [3.05, 3.63) is 28.0 Å². The van der Waals surface area contributed by atoms with Gasteiger partial charge >= 0.3 is 0 Å². The maximum absolute atomic E-state index is 12.2. The average Bonchev–Trinajstić information content (AvgIpc) is 2.86. The summed E-state index contributed by atoms with van der Waals surface area (Å²) in [6.45, 7) is 5.40. The molecule has 2 aromatic rings. The third kappa shape index (κ3) is 2.60. The Morgan fingerprint density at radius 3 is 2.67 bits per heavy atom. The van der Waals surface area contributed by atoms with Gasteiger partial charge in [0, 0.05) is 9.75 Å². The van der Waals surface area contributed by atoms with Gasteiger partial charge in [0.05, 0.1) is 10.9 Å². The van der Waals surface area contributed by atoms with E-state index in [-0.39, 0.29) is 0 Å². The number of hydrogen-bond donors (Lipinski definition) is 2. The summed E-state index contributed by atoms with van der Waals surface area (Å²) in [5, 5.41) is 6.34. The van der Waals surface area contributed by atoms with Crippen LogP contribution in [0, 0.1) is 13.8 Å². The summed E-state index contributed by atoms with van der Waals surface area (Å²) in [4.78, 5) is 6.02. The Morgan fingerprint density at radius 1 is 1.44 bits per heavy atom. The Kier molecular flexibility index (Phi) is 3.51. The Hall–Kier alpha value is -1.25. The number of thiophene rings is 1.